The Bertz CT molecular complexity index is 690. The Labute approximate surface area is 122 Å². The van der Waals surface area contributed by atoms with Crippen LogP contribution >= 0.6 is 11.3 Å². The first-order chi connectivity index (χ1) is 9.54. The summed E-state index contributed by atoms with van der Waals surface area (Å²) in [5.41, 5.74) is 1.05. The molecule has 1 fully saturated rings. The first-order valence-electron chi connectivity index (χ1n) is 6.99. The van der Waals surface area contributed by atoms with Gasteiger partial charge in [0.05, 0.1) is 11.9 Å². The third kappa shape index (κ3) is 2.51. The van der Waals surface area contributed by atoms with Gasteiger partial charge in [-0.3, -0.25) is 9.69 Å². The first-order valence-corrected chi connectivity index (χ1v) is 7.81. The molecule has 3 rings (SSSR count). The van der Waals surface area contributed by atoms with Crippen molar-refractivity contribution in [2.45, 2.75) is 33.4 Å². The van der Waals surface area contributed by atoms with Crippen molar-refractivity contribution in [3.05, 3.63) is 26.6 Å². The molecule has 5 nitrogen and oxygen atoms in total. The van der Waals surface area contributed by atoms with Crippen LogP contribution in [0.1, 0.15) is 23.2 Å². The van der Waals surface area contributed by atoms with Gasteiger partial charge in [0.2, 0.25) is 0 Å². The average Bonchev–Trinajstić information content (AvgIpc) is 2.65. The number of aryl methyl sites for hydroxylation is 2. The maximum absolute atomic E-state index is 12.2. The fourth-order valence-corrected chi connectivity index (χ4v) is 3.79. The molecule has 0 spiro atoms. The fourth-order valence-electron chi connectivity index (χ4n) is 2.74. The molecule has 6 heteroatoms. The average molecular weight is 292 g/mol. The summed E-state index contributed by atoms with van der Waals surface area (Å²) < 4.78 is 0. The van der Waals surface area contributed by atoms with E-state index in [0.29, 0.717) is 12.6 Å². The molecule has 0 bridgehead atoms. The summed E-state index contributed by atoms with van der Waals surface area (Å²) in [4.78, 5) is 24.2. The number of aromatic amines is 1. The van der Waals surface area contributed by atoms with Crippen molar-refractivity contribution >= 4 is 21.6 Å². The number of aromatic nitrogens is 2. The first kappa shape index (κ1) is 13.7. The predicted octanol–water partition coefficient (Wildman–Crippen LogP) is 1.40. The zero-order valence-corrected chi connectivity index (χ0v) is 12.9. The minimum Gasteiger partial charge on any atom is -0.312 e. The second kappa shape index (κ2) is 5.27. The van der Waals surface area contributed by atoms with E-state index < -0.39 is 0 Å². The Balaban J connectivity index is 1.91. The van der Waals surface area contributed by atoms with Gasteiger partial charge in [-0.05, 0) is 26.3 Å². The summed E-state index contributed by atoms with van der Waals surface area (Å²) in [7, 11) is 0. The van der Waals surface area contributed by atoms with Gasteiger partial charge in [0.15, 0.2) is 0 Å². The molecule has 0 aliphatic carbocycles. The zero-order valence-electron chi connectivity index (χ0n) is 12.1. The number of hydrogen-bond acceptors (Lipinski definition) is 5. The van der Waals surface area contributed by atoms with Crippen molar-refractivity contribution in [3.63, 3.8) is 0 Å². The minimum absolute atomic E-state index is 0.00460. The molecule has 1 aliphatic heterocycles. The van der Waals surface area contributed by atoms with Crippen LogP contribution in [0.3, 0.4) is 0 Å². The van der Waals surface area contributed by atoms with Crippen LogP contribution in [0.5, 0.6) is 0 Å². The summed E-state index contributed by atoms with van der Waals surface area (Å²) in [5, 5.41) is 4.17. The highest BCUT2D eigenvalue weighted by molar-refractivity contribution is 7.18. The molecule has 0 amide bonds. The second-order valence-corrected chi connectivity index (χ2v) is 6.77. The molecule has 1 atom stereocenters. The van der Waals surface area contributed by atoms with Crippen LogP contribution in [-0.4, -0.2) is 40.5 Å². The van der Waals surface area contributed by atoms with E-state index in [9.17, 15) is 4.79 Å². The number of thiophene rings is 1. The van der Waals surface area contributed by atoms with Crippen molar-refractivity contribution in [2.75, 3.05) is 19.6 Å². The molecule has 0 aromatic carbocycles. The van der Waals surface area contributed by atoms with E-state index in [4.69, 9.17) is 0 Å². The summed E-state index contributed by atoms with van der Waals surface area (Å²) >= 11 is 1.61. The molecule has 1 aliphatic rings. The Hall–Kier alpha value is -1.24. The molecular weight excluding hydrogens is 272 g/mol. The lowest BCUT2D eigenvalue weighted by Gasteiger charge is -2.31. The second-order valence-electron chi connectivity index (χ2n) is 5.57. The molecule has 2 aromatic heterocycles. The van der Waals surface area contributed by atoms with Crippen LogP contribution in [0.15, 0.2) is 4.79 Å². The minimum atomic E-state index is -0.00460. The number of fused-ring (bicyclic) bond motifs is 1. The monoisotopic (exact) mass is 292 g/mol. The highest BCUT2D eigenvalue weighted by Crippen LogP contribution is 2.25. The van der Waals surface area contributed by atoms with E-state index >= 15 is 0 Å². The van der Waals surface area contributed by atoms with Crippen molar-refractivity contribution in [3.8, 4) is 0 Å². The lowest BCUT2D eigenvalue weighted by molar-refractivity contribution is 0.195. The third-order valence-electron chi connectivity index (χ3n) is 3.91. The standard InChI is InChI=1S/C14H20N4OS/c1-8-6-18(5-4-15-8)7-11-16-13(19)12-9(2)10(3)20-14(12)17-11/h8,15H,4-7H2,1-3H3,(H,16,17,19)/t8-/m1/s1. The Morgan fingerprint density at radius 1 is 1.45 bits per heavy atom. The van der Waals surface area contributed by atoms with E-state index in [0.717, 1.165) is 41.2 Å². The molecule has 0 saturated carbocycles. The summed E-state index contributed by atoms with van der Waals surface area (Å²) in [5.74, 6) is 0.776. The largest absolute Gasteiger partial charge is 0.312 e. The highest BCUT2D eigenvalue weighted by atomic mass is 32.1. The molecule has 3 heterocycles. The van der Waals surface area contributed by atoms with Crippen molar-refractivity contribution in [1.29, 1.82) is 0 Å². The van der Waals surface area contributed by atoms with E-state index in [2.05, 4.69) is 27.1 Å². The molecule has 1 saturated heterocycles. The lowest BCUT2D eigenvalue weighted by Crippen LogP contribution is -2.48. The predicted molar refractivity (Wildman–Crippen MR) is 82.5 cm³/mol. The van der Waals surface area contributed by atoms with Crippen LogP contribution in [0.2, 0.25) is 0 Å². The number of nitrogens with zero attached hydrogens (tertiary/aromatic N) is 2. The van der Waals surface area contributed by atoms with Gasteiger partial charge in [-0.15, -0.1) is 11.3 Å². The van der Waals surface area contributed by atoms with Gasteiger partial charge in [0.25, 0.3) is 5.56 Å². The van der Waals surface area contributed by atoms with Gasteiger partial charge in [-0.1, -0.05) is 0 Å². The molecule has 0 radical (unpaired) electrons. The van der Waals surface area contributed by atoms with Gasteiger partial charge in [0, 0.05) is 30.6 Å². The van der Waals surface area contributed by atoms with Gasteiger partial charge in [-0.25, -0.2) is 4.98 Å². The number of piperazine rings is 1. The van der Waals surface area contributed by atoms with Gasteiger partial charge >= 0.3 is 0 Å². The van der Waals surface area contributed by atoms with E-state index in [1.165, 1.54) is 4.88 Å². The Kier molecular flexibility index (Phi) is 3.62. The molecule has 2 aromatic rings. The van der Waals surface area contributed by atoms with E-state index in [1.54, 1.807) is 11.3 Å². The van der Waals surface area contributed by atoms with Crippen LogP contribution in [-0.2, 0) is 6.54 Å². The normalized spacial score (nSPS) is 20.6. The lowest BCUT2D eigenvalue weighted by atomic mass is 10.2. The summed E-state index contributed by atoms with van der Waals surface area (Å²) in [6.45, 7) is 9.90. The van der Waals surface area contributed by atoms with Crippen LogP contribution < -0.4 is 10.9 Å². The highest BCUT2D eigenvalue weighted by Gasteiger charge is 2.18. The van der Waals surface area contributed by atoms with Crippen LogP contribution in [0.4, 0.5) is 0 Å². The maximum Gasteiger partial charge on any atom is 0.259 e. The van der Waals surface area contributed by atoms with Crippen molar-refractivity contribution < 1.29 is 0 Å². The van der Waals surface area contributed by atoms with Gasteiger partial charge < -0.3 is 10.3 Å². The molecular formula is C14H20N4OS. The zero-order chi connectivity index (χ0) is 14.3. The van der Waals surface area contributed by atoms with Gasteiger partial charge in [-0.2, -0.15) is 0 Å². The topological polar surface area (TPSA) is 61.0 Å². The quantitative estimate of drug-likeness (QED) is 0.878. The number of H-pyrrole nitrogens is 1. The van der Waals surface area contributed by atoms with Crippen molar-refractivity contribution in [1.82, 2.24) is 20.2 Å². The summed E-state index contributed by atoms with van der Waals surface area (Å²) in [6.07, 6.45) is 0. The van der Waals surface area contributed by atoms with E-state index in [-0.39, 0.29) is 5.56 Å². The number of nitrogens with one attached hydrogen (secondary N) is 2. The number of rotatable bonds is 2. The molecule has 20 heavy (non-hydrogen) atoms. The van der Waals surface area contributed by atoms with E-state index in [1.807, 2.05) is 13.8 Å². The number of hydrogen-bond donors (Lipinski definition) is 2. The third-order valence-corrected chi connectivity index (χ3v) is 5.02. The SMILES string of the molecule is Cc1sc2nc(CN3CCN[C@H](C)C3)[nH]c(=O)c2c1C. The molecule has 2 N–H and O–H groups in total. The van der Waals surface area contributed by atoms with Crippen molar-refractivity contribution in [2.24, 2.45) is 0 Å². The summed E-state index contributed by atoms with van der Waals surface area (Å²) in [6, 6.07) is 0.491. The Morgan fingerprint density at radius 3 is 3.00 bits per heavy atom. The van der Waals surface area contributed by atoms with Crippen LogP contribution in [0, 0.1) is 13.8 Å². The Morgan fingerprint density at radius 2 is 2.25 bits per heavy atom. The maximum atomic E-state index is 12.2. The van der Waals surface area contributed by atoms with Crippen LogP contribution in [0.25, 0.3) is 10.2 Å². The van der Waals surface area contributed by atoms with Gasteiger partial charge in [0.1, 0.15) is 10.7 Å². The molecule has 108 valence electrons. The fraction of sp³-hybridized carbons (Fsp3) is 0.571. The smallest absolute Gasteiger partial charge is 0.259 e. The molecule has 0 unspecified atom stereocenters.